The fraction of sp³-hybridized carbons (Fsp3) is 1.00. The molecule has 0 radical (unpaired) electrons. The Morgan fingerprint density at radius 3 is 2.22 bits per heavy atom. The third-order valence-corrected chi connectivity index (χ3v) is 4.40. The van der Waals surface area contributed by atoms with Crippen LogP contribution in [-0.2, 0) is 0 Å². The first-order valence-corrected chi connectivity index (χ1v) is 8.22. The van der Waals surface area contributed by atoms with Crippen molar-refractivity contribution < 1.29 is 0 Å². The predicted molar refractivity (Wildman–Crippen MR) is 81.1 cm³/mol. The summed E-state index contributed by atoms with van der Waals surface area (Å²) in [6, 6.07) is 0. The van der Waals surface area contributed by atoms with Gasteiger partial charge < -0.3 is 10.2 Å². The summed E-state index contributed by atoms with van der Waals surface area (Å²) in [5.41, 5.74) is 0. The van der Waals surface area contributed by atoms with E-state index in [0.717, 1.165) is 5.92 Å². The summed E-state index contributed by atoms with van der Waals surface area (Å²) >= 11 is 0. The van der Waals surface area contributed by atoms with Gasteiger partial charge >= 0.3 is 0 Å². The number of hydrogen-bond acceptors (Lipinski definition) is 2. The van der Waals surface area contributed by atoms with E-state index < -0.39 is 0 Å². The SMILES string of the molecule is CCN(C)CCCCCCCCC1CCNCC1. The minimum absolute atomic E-state index is 1.03. The van der Waals surface area contributed by atoms with Gasteiger partial charge in [0.1, 0.15) is 0 Å². The number of hydrogen-bond donors (Lipinski definition) is 1. The van der Waals surface area contributed by atoms with Crippen molar-refractivity contribution in [2.24, 2.45) is 5.92 Å². The lowest BCUT2D eigenvalue weighted by atomic mass is 9.92. The first-order chi connectivity index (χ1) is 8.83. The summed E-state index contributed by atoms with van der Waals surface area (Å²) in [6.07, 6.45) is 13.0. The van der Waals surface area contributed by atoms with Gasteiger partial charge in [0.25, 0.3) is 0 Å². The largest absolute Gasteiger partial charge is 0.317 e. The summed E-state index contributed by atoms with van der Waals surface area (Å²) in [5.74, 6) is 1.03. The standard InChI is InChI=1S/C16H34N2/c1-3-18(2)15-9-7-5-4-6-8-10-16-11-13-17-14-12-16/h16-17H,3-15H2,1-2H3. The van der Waals surface area contributed by atoms with Gasteiger partial charge in [-0.05, 0) is 58.4 Å². The zero-order chi connectivity index (χ0) is 13.1. The molecule has 0 spiro atoms. The predicted octanol–water partition coefficient (Wildman–Crippen LogP) is 3.67. The molecule has 0 unspecified atom stereocenters. The van der Waals surface area contributed by atoms with Crippen LogP contribution in [0.2, 0.25) is 0 Å². The molecular formula is C16H34N2. The molecule has 0 amide bonds. The van der Waals surface area contributed by atoms with Crippen LogP contribution in [0.4, 0.5) is 0 Å². The average Bonchev–Trinajstić information content (AvgIpc) is 2.42. The maximum Gasteiger partial charge on any atom is -0.00219 e. The van der Waals surface area contributed by atoms with Crippen LogP contribution in [0, 0.1) is 5.92 Å². The van der Waals surface area contributed by atoms with E-state index in [1.165, 1.54) is 84.0 Å². The summed E-state index contributed by atoms with van der Waals surface area (Å²) in [7, 11) is 2.22. The molecule has 2 heteroatoms. The number of nitrogens with zero attached hydrogens (tertiary/aromatic N) is 1. The van der Waals surface area contributed by atoms with Gasteiger partial charge in [0.05, 0.1) is 0 Å². The van der Waals surface area contributed by atoms with Crippen LogP contribution >= 0.6 is 0 Å². The third-order valence-electron chi connectivity index (χ3n) is 4.40. The monoisotopic (exact) mass is 254 g/mol. The second-order valence-corrected chi connectivity index (χ2v) is 6.00. The normalized spacial score (nSPS) is 17.5. The Bertz CT molecular complexity index is 176. The van der Waals surface area contributed by atoms with Crippen LogP contribution < -0.4 is 5.32 Å². The summed E-state index contributed by atoms with van der Waals surface area (Å²) in [6.45, 7) is 7.23. The third kappa shape index (κ3) is 8.10. The Labute approximate surface area is 115 Å². The van der Waals surface area contributed by atoms with Gasteiger partial charge in [-0.3, -0.25) is 0 Å². The molecule has 0 aromatic carbocycles. The molecule has 1 rings (SSSR count). The summed E-state index contributed by atoms with van der Waals surface area (Å²) in [5, 5.41) is 3.45. The zero-order valence-electron chi connectivity index (χ0n) is 12.7. The van der Waals surface area contributed by atoms with E-state index in [1.54, 1.807) is 0 Å². The second kappa shape index (κ2) is 10.8. The van der Waals surface area contributed by atoms with E-state index in [0.29, 0.717) is 0 Å². The maximum absolute atomic E-state index is 3.45. The quantitative estimate of drug-likeness (QED) is 0.598. The van der Waals surface area contributed by atoms with Crippen LogP contribution in [0.3, 0.4) is 0 Å². The molecule has 1 aliphatic heterocycles. The highest BCUT2D eigenvalue weighted by Crippen LogP contribution is 2.19. The Morgan fingerprint density at radius 1 is 0.944 bits per heavy atom. The highest BCUT2D eigenvalue weighted by Gasteiger charge is 2.11. The molecular weight excluding hydrogens is 220 g/mol. The second-order valence-electron chi connectivity index (χ2n) is 6.00. The molecule has 18 heavy (non-hydrogen) atoms. The van der Waals surface area contributed by atoms with Gasteiger partial charge in [-0.2, -0.15) is 0 Å². The fourth-order valence-corrected chi connectivity index (χ4v) is 2.85. The molecule has 0 saturated carbocycles. The van der Waals surface area contributed by atoms with E-state index in [2.05, 4.69) is 24.2 Å². The van der Waals surface area contributed by atoms with Crippen molar-refractivity contribution in [1.29, 1.82) is 0 Å². The van der Waals surface area contributed by atoms with Gasteiger partial charge in [-0.25, -0.2) is 0 Å². The van der Waals surface area contributed by atoms with Crippen molar-refractivity contribution in [1.82, 2.24) is 10.2 Å². The van der Waals surface area contributed by atoms with Gasteiger partial charge in [0.2, 0.25) is 0 Å². The first kappa shape index (κ1) is 16.0. The van der Waals surface area contributed by atoms with Crippen molar-refractivity contribution in [3.63, 3.8) is 0 Å². The fourth-order valence-electron chi connectivity index (χ4n) is 2.85. The van der Waals surface area contributed by atoms with E-state index in [-0.39, 0.29) is 0 Å². The molecule has 0 aromatic heterocycles. The smallest absolute Gasteiger partial charge is 0.00219 e. The highest BCUT2D eigenvalue weighted by atomic mass is 15.1. The lowest BCUT2D eigenvalue weighted by molar-refractivity contribution is 0.334. The average molecular weight is 254 g/mol. The summed E-state index contributed by atoms with van der Waals surface area (Å²) < 4.78 is 0. The molecule has 1 heterocycles. The summed E-state index contributed by atoms with van der Waals surface area (Å²) in [4.78, 5) is 2.41. The van der Waals surface area contributed by atoms with Gasteiger partial charge in [-0.1, -0.05) is 45.4 Å². The highest BCUT2D eigenvalue weighted by molar-refractivity contribution is 4.68. The van der Waals surface area contributed by atoms with E-state index >= 15 is 0 Å². The van der Waals surface area contributed by atoms with Crippen molar-refractivity contribution in [3.8, 4) is 0 Å². The lowest BCUT2D eigenvalue weighted by Crippen LogP contribution is -2.27. The molecule has 0 aromatic rings. The van der Waals surface area contributed by atoms with Gasteiger partial charge in [-0.15, -0.1) is 0 Å². The topological polar surface area (TPSA) is 15.3 Å². The van der Waals surface area contributed by atoms with Crippen LogP contribution in [0.25, 0.3) is 0 Å². The Morgan fingerprint density at radius 2 is 1.56 bits per heavy atom. The number of rotatable bonds is 10. The van der Waals surface area contributed by atoms with Crippen molar-refractivity contribution >= 4 is 0 Å². The number of unbranched alkanes of at least 4 members (excludes halogenated alkanes) is 5. The van der Waals surface area contributed by atoms with Gasteiger partial charge in [0.15, 0.2) is 0 Å². The van der Waals surface area contributed by atoms with Crippen molar-refractivity contribution in [2.45, 2.75) is 64.7 Å². The van der Waals surface area contributed by atoms with E-state index in [9.17, 15) is 0 Å². The van der Waals surface area contributed by atoms with Crippen LogP contribution in [0.1, 0.15) is 64.7 Å². The molecule has 0 bridgehead atoms. The molecule has 1 saturated heterocycles. The molecule has 0 aliphatic carbocycles. The molecule has 1 aliphatic rings. The van der Waals surface area contributed by atoms with Crippen LogP contribution in [0.15, 0.2) is 0 Å². The van der Waals surface area contributed by atoms with E-state index in [1.807, 2.05) is 0 Å². The molecule has 108 valence electrons. The minimum Gasteiger partial charge on any atom is -0.317 e. The zero-order valence-corrected chi connectivity index (χ0v) is 12.7. The Balaban J connectivity index is 1.78. The molecule has 1 fully saturated rings. The minimum atomic E-state index is 1.03. The Kier molecular flexibility index (Phi) is 9.59. The van der Waals surface area contributed by atoms with Gasteiger partial charge in [0, 0.05) is 0 Å². The number of nitrogens with one attached hydrogen (secondary N) is 1. The van der Waals surface area contributed by atoms with Crippen molar-refractivity contribution in [3.05, 3.63) is 0 Å². The van der Waals surface area contributed by atoms with Crippen molar-refractivity contribution in [2.75, 3.05) is 33.2 Å². The van der Waals surface area contributed by atoms with Crippen LogP contribution in [0.5, 0.6) is 0 Å². The lowest BCUT2D eigenvalue weighted by Gasteiger charge is -2.22. The molecule has 1 N–H and O–H groups in total. The molecule has 0 atom stereocenters. The number of piperidine rings is 1. The molecule has 2 nitrogen and oxygen atoms in total. The van der Waals surface area contributed by atoms with E-state index in [4.69, 9.17) is 0 Å². The Hall–Kier alpha value is -0.0800. The van der Waals surface area contributed by atoms with Crippen LogP contribution in [-0.4, -0.2) is 38.1 Å². The maximum atomic E-state index is 3.45. The first-order valence-electron chi connectivity index (χ1n) is 8.22.